The van der Waals surface area contributed by atoms with Crippen molar-refractivity contribution < 1.29 is 33.3 Å². The Morgan fingerprint density at radius 1 is 0.886 bits per heavy atom. The highest BCUT2D eigenvalue weighted by Crippen LogP contribution is 2.38. The molecule has 9 nitrogen and oxygen atoms in total. The van der Waals surface area contributed by atoms with Gasteiger partial charge in [0.25, 0.3) is 5.91 Å². The number of hydrogen-bond donors (Lipinski definition) is 1. The largest absolute Gasteiger partial charge is 0.493 e. The van der Waals surface area contributed by atoms with E-state index in [4.69, 9.17) is 35.3 Å². The minimum absolute atomic E-state index is 0.191. The number of nitrogens with zero attached hydrogens (tertiary/aromatic N) is 1. The lowest BCUT2D eigenvalue weighted by Crippen LogP contribution is -2.24. The molecule has 1 N–H and O–H groups in total. The number of hydrazone groups is 1. The van der Waals surface area contributed by atoms with E-state index in [1.165, 1.54) is 39.7 Å². The summed E-state index contributed by atoms with van der Waals surface area (Å²) in [7, 11) is 4.37. The van der Waals surface area contributed by atoms with Crippen molar-refractivity contribution in [1.82, 2.24) is 5.43 Å². The number of carbonyl (C=O) groups is 2. The van der Waals surface area contributed by atoms with E-state index < -0.39 is 11.9 Å². The van der Waals surface area contributed by atoms with Crippen LogP contribution in [0.15, 0.2) is 65.8 Å². The number of benzene rings is 3. The predicted molar refractivity (Wildman–Crippen MR) is 130 cm³/mol. The molecular weight excluding hydrogens is 476 g/mol. The van der Waals surface area contributed by atoms with Crippen LogP contribution in [0.1, 0.15) is 15.9 Å². The number of amides is 1. The molecule has 1 amide bonds. The standard InChI is InChI=1S/C25H23ClN2O7/c1-31-21-12-17(13-22(32-2)24(21)33-3)25(30)35-19-10-6-4-8-16(19)14-27-28-23(29)15-34-20-11-7-5-9-18(20)26/h4-14H,15H2,1-3H3,(H,28,29)/b27-14+. The second-order valence-electron chi connectivity index (χ2n) is 6.85. The predicted octanol–water partition coefficient (Wildman–Crippen LogP) is 4.11. The van der Waals surface area contributed by atoms with Gasteiger partial charge in [0.15, 0.2) is 18.1 Å². The molecule has 182 valence electrons. The Hall–Kier alpha value is -4.24. The first-order valence-corrected chi connectivity index (χ1v) is 10.6. The fourth-order valence-corrected chi connectivity index (χ4v) is 3.14. The van der Waals surface area contributed by atoms with Crippen LogP contribution < -0.4 is 29.1 Å². The van der Waals surface area contributed by atoms with Gasteiger partial charge in [-0.15, -0.1) is 0 Å². The fourth-order valence-electron chi connectivity index (χ4n) is 2.95. The van der Waals surface area contributed by atoms with E-state index in [1.807, 2.05) is 0 Å². The van der Waals surface area contributed by atoms with Gasteiger partial charge in [-0.25, -0.2) is 10.2 Å². The fraction of sp³-hybridized carbons (Fsp3) is 0.160. The van der Waals surface area contributed by atoms with Crippen LogP contribution in [-0.2, 0) is 4.79 Å². The molecule has 35 heavy (non-hydrogen) atoms. The van der Waals surface area contributed by atoms with Crippen LogP contribution in [0.4, 0.5) is 0 Å². The average molecular weight is 499 g/mol. The van der Waals surface area contributed by atoms with Gasteiger partial charge in [0, 0.05) is 5.56 Å². The Bertz CT molecular complexity index is 1200. The molecule has 0 fully saturated rings. The molecule has 0 radical (unpaired) electrons. The summed E-state index contributed by atoms with van der Waals surface area (Å²) < 4.78 is 26.7. The molecular formula is C25H23ClN2O7. The maximum atomic E-state index is 12.8. The molecule has 3 rings (SSSR count). The van der Waals surface area contributed by atoms with Gasteiger partial charge in [-0.2, -0.15) is 5.10 Å². The molecule has 3 aromatic rings. The summed E-state index contributed by atoms with van der Waals surface area (Å²) in [5.41, 5.74) is 3.00. The van der Waals surface area contributed by atoms with Gasteiger partial charge in [-0.3, -0.25) is 4.79 Å². The Morgan fingerprint density at radius 2 is 1.51 bits per heavy atom. The average Bonchev–Trinajstić information content (AvgIpc) is 2.88. The van der Waals surface area contributed by atoms with E-state index in [0.717, 1.165) is 0 Å². The van der Waals surface area contributed by atoms with Gasteiger partial charge in [-0.1, -0.05) is 35.9 Å². The first kappa shape index (κ1) is 25.4. The van der Waals surface area contributed by atoms with Crippen LogP contribution in [0.2, 0.25) is 5.02 Å². The highest BCUT2D eigenvalue weighted by Gasteiger charge is 2.19. The van der Waals surface area contributed by atoms with Gasteiger partial charge >= 0.3 is 5.97 Å². The quantitative estimate of drug-likeness (QED) is 0.194. The number of esters is 1. The number of methoxy groups -OCH3 is 3. The Kier molecular flexibility index (Phi) is 8.91. The maximum Gasteiger partial charge on any atom is 0.343 e. The minimum atomic E-state index is -0.651. The van der Waals surface area contributed by atoms with Gasteiger partial charge < -0.3 is 23.7 Å². The molecule has 10 heteroatoms. The number of carbonyl (C=O) groups excluding carboxylic acids is 2. The lowest BCUT2D eigenvalue weighted by Gasteiger charge is -2.14. The molecule has 0 atom stereocenters. The highest BCUT2D eigenvalue weighted by molar-refractivity contribution is 6.32. The molecule has 0 heterocycles. The monoisotopic (exact) mass is 498 g/mol. The van der Waals surface area contributed by atoms with Crippen LogP contribution >= 0.6 is 11.6 Å². The summed E-state index contributed by atoms with van der Waals surface area (Å²) in [5.74, 6) is 0.461. The SMILES string of the molecule is COc1cc(C(=O)Oc2ccccc2/C=N/NC(=O)COc2ccccc2Cl)cc(OC)c1OC. The molecule has 0 saturated carbocycles. The topological polar surface area (TPSA) is 105 Å². The smallest absolute Gasteiger partial charge is 0.343 e. The zero-order valence-electron chi connectivity index (χ0n) is 19.2. The van der Waals surface area contributed by atoms with Gasteiger partial charge in [0.1, 0.15) is 11.5 Å². The molecule has 0 aliphatic heterocycles. The molecule has 0 saturated heterocycles. The molecule has 0 spiro atoms. The van der Waals surface area contributed by atoms with Crippen molar-refractivity contribution in [3.05, 3.63) is 76.8 Å². The number of para-hydroxylation sites is 2. The van der Waals surface area contributed by atoms with Gasteiger partial charge in [0.2, 0.25) is 5.75 Å². The van der Waals surface area contributed by atoms with E-state index in [9.17, 15) is 9.59 Å². The van der Waals surface area contributed by atoms with Crippen molar-refractivity contribution in [2.45, 2.75) is 0 Å². The van der Waals surface area contributed by atoms with Crippen molar-refractivity contribution in [3.8, 4) is 28.7 Å². The summed E-state index contributed by atoms with van der Waals surface area (Å²) in [5, 5.41) is 4.30. The highest BCUT2D eigenvalue weighted by atomic mass is 35.5. The normalized spacial score (nSPS) is 10.5. The van der Waals surface area contributed by atoms with Crippen LogP contribution in [0.3, 0.4) is 0 Å². The van der Waals surface area contributed by atoms with E-state index in [1.54, 1.807) is 48.5 Å². The van der Waals surface area contributed by atoms with E-state index >= 15 is 0 Å². The maximum absolute atomic E-state index is 12.8. The summed E-state index contributed by atoms with van der Waals surface area (Å²) in [6, 6.07) is 16.5. The van der Waals surface area contributed by atoms with Crippen molar-refractivity contribution in [2.75, 3.05) is 27.9 Å². The Labute approximate surface area is 207 Å². The lowest BCUT2D eigenvalue weighted by molar-refractivity contribution is -0.123. The summed E-state index contributed by atoms with van der Waals surface area (Å²) in [6.07, 6.45) is 1.35. The van der Waals surface area contributed by atoms with Crippen LogP contribution in [0, 0.1) is 0 Å². The summed E-state index contributed by atoms with van der Waals surface area (Å²) in [4.78, 5) is 24.8. The zero-order valence-corrected chi connectivity index (χ0v) is 20.0. The molecule has 0 aromatic heterocycles. The second kappa shape index (κ2) is 12.3. The van der Waals surface area contributed by atoms with Crippen LogP contribution in [0.25, 0.3) is 0 Å². The van der Waals surface area contributed by atoms with Crippen molar-refractivity contribution >= 4 is 29.7 Å². The van der Waals surface area contributed by atoms with Gasteiger partial charge in [-0.05, 0) is 36.4 Å². The van der Waals surface area contributed by atoms with Crippen molar-refractivity contribution in [3.63, 3.8) is 0 Å². The number of hydrogen-bond acceptors (Lipinski definition) is 8. The van der Waals surface area contributed by atoms with E-state index in [-0.39, 0.29) is 17.9 Å². The van der Waals surface area contributed by atoms with E-state index in [0.29, 0.717) is 33.6 Å². The molecule has 3 aromatic carbocycles. The first-order valence-electron chi connectivity index (χ1n) is 10.3. The lowest BCUT2D eigenvalue weighted by atomic mass is 10.1. The third-order valence-electron chi connectivity index (χ3n) is 4.61. The minimum Gasteiger partial charge on any atom is -0.493 e. The number of rotatable bonds is 10. The summed E-state index contributed by atoms with van der Waals surface area (Å²) in [6.45, 7) is -0.279. The number of nitrogens with one attached hydrogen (secondary N) is 1. The Morgan fingerprint density at radius 3 is 2.14 bits per heavy atom. The number of halogens is 1. The second-order valence-corrected chi connectivity index (χ2v) is 7.26. The van der Waals surface area contributed by atoms with Crippen molar-refractivity contribution in [1.29, 1.82) is 0 Å². The molecule has 0 aliphatic rings. The Balaban J connectivity index is 1.67. The zero-order chi connectivity index (χ0) is 25.2. The van der Waals surface area contributed by atoms with Crippen molar-refractivity contribution in [2.24, 2.45) is 5.10 Å². The molecule has 0 unspecified atom stereocenters. The van der Waals surface area contributed by atoms with E-state index in [2.05, 4.69) is 10.5 Å². The van der Waals surface area contributed by atoms with Crippen LogP contribution in [0.5, 0.6) is 28.7 Å². The van der Waals surface area contributed by atoms with Gasteiger partial charge in [0.05, 0.1) is 38.1 Å². The molecule has 0 bridgehead atoms. The van der Waals surface area contributed by atoms with Crippen LogP contribution in [-0.4, -0.2) is 46.0 Å². The molecule has 0 aliphatic carbocycles. The third kappa shape index (κ3) is 6.64. The first-order chi connectivity index (χ1) is 17.0. The third-order valence-corrected chi connectivity index (χ3v) is 4.92. The number of ether oxygens (including phenoxy) is 5. The summed E-state index contributed by atoms with van der Waals surface area (Å²) >= 11 is 6.00.